The average Bonchev–Trinajstić information content (AvgIpc) is 2.90. The van der Waals surface area contributed by atoms with Crippen LogP contribution in [0.4, 0.5) is 0 Å². The summed E-state index contributed by atoms with van der Waals surface area (Å²) in [4.78, 5) is 15.5. The quantitative estimate of drug-likeness (QED) is 0.795. The Labute approximate surface area is 122 Å². The number of carbonyl (C=O) groups is 1. The Bertz CT molecular complexity index is 834. The molecule has 2 heterocycles. The molecule has 3 aromatic rings. The van der Waals surface area contributed by atoms with Crippen LogP contribution in [-0.2, 0) is 18.3 Å². The lowest BCUT2D eigenvalue weighted by atomic mass is 10.3. The molecule has 6 nitrogen and oxygen atoms in total. The summed E-state index contributed by atoms with van der Waals surface area (Å²) in [6.07, 6.45) is -0.0636. The molecular weight excluding hydrogens is 326 g/mol. The third-order valence-electron chi connectivity index (χ3n) is 3.30. The SMILES string of the molecule is COc1ccc2nc3n(C)c(CC(=O)O)c(Br)n3c2c1. The number of imidazole rings is 2. The normalized spacial score (nSPS) is 11.3. The van der Waals surface area contributed by atoms with Crippen molar-refractivity contribution >= 4 is 38.7 Å². The molecule has 0 aliphatic carbocycles. The Hall–Kier alpha value is -2.02. The molecule has 1 aromatic carbocycles. The zero-order valence-corrected chi connectivity index (χ0v) is 12.5. The van der Waals surface area contributed by atoms with Crippen LogP contribution in [-0.4, -0.2) is 32.1 Å². The van der Waals surface area contributed by atoms with Gasteiger partial charge in [0.15, 0.2) is 0 Å². The molecule has 7 heteroatoms. The molecular formula is C13H12BrN3O3. The van der Waals surface area contributed by atoms with Crippen molar-refractivity contribution in [2.75, 3.05) is 7.11 Å². The number of carboxylic acids is 1. The number of carboxylic acid groups (broad SMARTS) is 1. The smallest absolute Gasteiger partial charge is 0.309 e. The molecule has 104 valence electrons. The van der Waals surface area contributed by atoms with Crippen LogP contribution in [0.15, 0.2) is 22.8 Å². The molecule has 0 amide bonds. The molecule has 0 bridgehead atoms. The number of nitrogens with zero attached hydrogens (tertiary/aromatic N) is 3. The fourth-order valence-corrected chi connectivity index (χ4v) is 3.07. The van der Waals surface area contributed by atoms with E-state index in [1.54, 1.807) is 11.7 Å². The summed E-state index contributed by atoms with van der Waals surface area (Å²) in [6.45, 7) is 0. The van der Waals surface area contributed by atoms with Crippen LogP contribution >= 0.6 is 15.9 Å². The van der Waals surface area contributed by atoms with E-state index in [0.717, 1.165) is 16.8 Å². The van der Waals surface area contributed by atoms with Gasteiger partial charge in [0.25, 0.3) is 0 Å². The first kappa shape index (κ1) is 13.0. The van der Waals surface area contributed by atoms with Gasteiger partial charge < -0.3 is 14.4 Å². The summed E-state index contributed by atoms with van der Waals surface area (Å²) < 4.78 is 9.59. The van der Waals surface area contributed by atoms with Gasteiger partial charge in [0.1, 0.15) is 10.4 Å². The maximum Gasteiger partial charge on any atom is 0.309 e. The van der Waals surface area contributed by atoms with Crippen LogP contribution in [0.1, 0.15) is 5.69 Å². The van der Waals surface area contributed by atoms with Gasteiger partial charge in [-0.1, -0.05) is 0 Å². The Morgan fingerprint density at radius 3 is 2.90 bits per heavy atom. The summed E-state index contributed by atoms with van der Waals surface area (Å²) in [5.74, 6) is 0.544. The van der Waals surface area contributed by atoms with Crippen LogP contribution in [0, 0.1) is 0 Å². The number of ether oxygens (including phenoxy) is 1. The van der Waals surface area contributed by atoms with Crippen LogP contribution in [0.5, 0.6) is 5.75 Å². The average molecular weight is 338 g/mol. The molecule has 0 saturated carbocycles. The number of methoxy groups -OCH3 is 1. The molecule has 0 aliphatic heterocycles. The van der Waals surface area contributed by atoms with Gasteiger partial charge in [-0.05, 0) is 28.1 Å². The Balaban J connectivity index is 2.35. The van der Waals surface area contributed by atoms with E-state index in [1.807, 2.05) is 29.6 Å². The largest absolute Gasteiger partial charge is 0.497 e. The Morgan fingerprint density at radius 2 is 2.25 bits per heavy atom. The topological polar surface area (TPSA) is 68.8 Å². The molecule has 0 unspecified atom stereocenters. The summed E-state index contributed by atoms with van der Waals surface area (Å²) >= 11 is 3.48. The Morgan fingerprint density at radius 1 is 1.50 bits per heavy atom. The highest BCUT2D eigenvalue weighted by atomic mass is 79.9. The van der Waals surface area contributed by atoms with Crippen molar-refractivity contribution in [1.29, 1.82) is 0 Å². The minimum atomic E-state index is -0.878. The zero-order valence-electron chi connectivity index (χ0n) is 10.9. The molecule has 0 radical (unpaired) electrons. The maximum absolute atomic E-state index is 11.0. The van der Waals surface area contributed by atoms with E-state index in [4.69, 9.17) is 9.84 Å². The van der Waals surface area contributed by atoms with Crippen LogP contribution in [0.3, 0.4) is 0 Å². The summed E-state index contributed by atoms with van der Waals surface area (Å²) in [6, 6.07) is 5.61. The minimum absolute atomic E-state index is 0.0636. The van der Waals surface area contributed by atoms with E-state index in [0.29, 0.717) is 16.1 Å². The summed E-state index contributed by atoms with van der Waals surface area (Å²) in [7, 11) is 3.41. The number of halogens is 1. The lowest BCUT2D eigenvalue weighted by Gasteiger charge is -2.01. The molecule has 0 saturated heterocycles. The number of hydrogen-bond acceptors (Lipinski definition) is 3. The first-order valence-electron chi connectivity index (χ1n) is 5.94. The lowest BCUT2D eigenvalue weighted by Crippen LogP contribution is -2.05. The highest BCUT2D eigenvalue weighted by Gasteiger charge is 2.19. The molecule has 0 fully saturated rings. The third-order valence-corrected chi connectivity index (χ3v) is 4.11. The van der Waals surface area contributed by atoms with E-state index in [2.05, 4.69) is 20.9 Å². The van der Waals surface area contributed by atoms with Gasteiger partial charge in [-0.15, -0.1) is 0 Å². The summed E-state index contributed by atoms with van der Waals surface area (Å²) in [5, 5.41) is 8.99. The van der Waals surface area contributed by atoms with Gasteiger partial charge in [-0.3, -0.25) is 9.20 Å². The first-order valence-corrected chi connectivity index (χ1v) is 6.73. The fraction of sp³-hybridized carbons (Fsp3) is 0.231. The number of aliphatic carboxylic acids is 1. The number of rotatable bonds is 3. The van der Waals surface area contributed by atoms with Gasteiger partial charge in [0.2, 0.25) is 5.78 Å². The molecule has 0 aliphatic rings. The van der Waals surface area contributed by atoms with Crippen molar-refractivity contribution < 1.29 is 14.6 Å². The number of aromatic nitrogens is 3. The molecule has 0 atom stereocenters. The minimum Gasteiger partial charge on any atom is -0.497 e. The van der Waals surface area contributed by atoms with Gasteiger partial charge in [0.05, 0.1) is 30.3 Å². The third kappa shape index (κ3) is 1.77. The Kier molecular flexibility index (Phi) is 2.93. The van der Waals surface area contributed by atoms with E-state index >= 15 is 0 Å². The highest BCUT2D eigenvalue weighted by molar-refractivity contribution is 9.10. The van der Waals surface area contributed by atoms with Crippen molar-refractivity contribution in [2.24, 2.45) is 7.05 Å². The van der Waals surface area contributed by atoms with Crippen molar-refractivity contribution in [3.8, 4) is 5.75 Å². The van der Waals surface area contributed by atoms with Gasteiger partial charge >= 0.3 is 5.97 Å². The van der Waals surface area contributed by atoms with Gasteiger partial charge in [-0.25, -0.2) is 4.98 Å². The second kappa shape index (κ2) is 4.52. The summed E-state index contributed by atoms with van der Waals surface area (Å²) in [5.41, 5.74) is 2.38. The van der Waals surface area contributed by atoms with Crippen LogP contribution in [0.2, 0.25) is 0 Å². The van der Waals surface area contributed by atoms with E-state index in [1.165, 1.54) is 0 Å². The standard InChI is InChI=1S/C13H12BrN3O3/c1-16-10(6-11(18)19)12(14)17-9-5-7(20-2)3-4-8(9)15-13(16)17/h3-5H,6H2,1-2H3,(H,18,19). The van der Waals surface area contributed by atoms with Crippen LogP contribution in [0.25, 0.3) is 16.8 Å². The number of hydrogen-bond donors (Lipinski definition) is 1. The fourth-order valence-electron chi connectivity index (χ4n) is 2.31. The highest BCUT2D eigenvalue weighted by Crippen LogP contribution is 2.29. The number of fused-ring (bicyclic) bond motifs is 3. The predicted molar refractivity (Wildman–Crippen MR) is 77.3 cm³/mol. The maximum atomic E-state index is 11.0. The second-order valence-electron chi connectivity index (χ2n) is 4.47. The number of benzene rings is 1. The molecule has 2 aromatic heterocycles. The zero-order chi connectivity index (χ0) is 14.4. The molecule has 20 heavy (non-hydrogen) atoms. The number of aryl methyl sites for hydroxylation is 1. The van der Waals surface area contributed by atoms with Crippen LogP contribution < -0.4 is 4.74 Å². The van der Waals surface area contributed by atoms with Gasteiger partial charge in [0, 0.05) is 13.1 Å². The molecule has 1 N–H and O–H groups in total. The van der Waals surface area contributed by atoms with E-state index in [9.17, 15) is 4.79 Å². The van der Waals surface area contributed by atoms with Crippen molar-refractivity contribution in [3.05, 3.63) is 28.5 Å². The predicted octanol–water partition coefficient (Wildman–Crippen LogP) is 2.22. The van der Waals surface area contributed by atoms with Crippen molar-refractivity contribution in [1.82, 2.24) is 14.0 Å². The first-order chi connectivity index (χ1) is 9.52. The molecule has 3 rings (SSSR count). The van der Waals surface area contributed by atoms with E-state index < -0.39 is 5.97 Å². The monoisotopic (exact) mass is 337 g/mol. The van der Waals surface area contributed by atoms with E-state index in [-0.39, 0.29) is 6.42 Å². The molecule has 0 spiro atoms. The lowest BCUT2D eigenvalue weighted by molar-refractivity contribution is -0.136. The van der Waals surface area contributed by atoms with Crippen molar-refractivity contribution in [2.45, 2.75) is 6.42 Å². The van der Waals surface area contributed by atoms with Gasteiger partial charge in [-0.2, -0.15) is 0 Å². The van der Waals surface area contributed by atoms with Crippen molar-refractivity contribution in [3.63, 3.8) is 0 Å². The second-order valence-corrected chi connectivity index (χ2v) is 5.22.